The fraction of sp³-hybridized carbons (Fsp3) is 0.125. The van der Waals surface area contributed by atoms with Crippen molar-refractivity contribution in [1.82, 2.24) is 9.55 Å². The van der Waals surface area contributed by atoms with Gasteiger partial charge in [-0.05, 0) is 12.1 Å². The van der Waals surface area contributed by atoms with E-state index in [1.54, 1.807) is 0 Å². The summed E-state index contributed by atoms with van der Waals surface area (Å²) >= 11 is 5.13. The normalized spacial score (nSPS) is 10.6. The molecule has 2 rings (SSSR count). The average Bonchev–Trinajstić information content (AvgIpc) is 2.35. The minimum Gasteiger partial charge on any atom is -0.347 e. The summed E-state index contributed by atoms with van der Waals surface area (Å²) in [7, 11) is 1.99. The molecule has 2 aromatic heterocycles. The number of pyridine rings is 1. The summed E-state index contributed by atoms with van der Waals surface area (Å²) in [5, 5.41) is 1.12. The van der Waals surface area contributed by atoms with Crippen LogP contribution in [0.1, 0.15) is 0 Å². The molecule has 0 aliphatic heterocycles. The van der Waals surface area contributed by atoms with E-state index in [0.29, 0.717) is 0 Å². The molecule has 0 spiro atoms. The van der Waals surface area contributed by atoms with Gasteiger partial charge in [-0.15, -0.1) is 0 Å². The van der Waals surface area contributed by atoms with Crippen molar-refractivity contribution in [2.24, 2.45) is 7.05 Å². The van der Waals surface area contributed by atoms with Crippen LogP contribution in [0.4, 0.5) is 0 Å². The summed E-state index contributed by atoms with van der Waals surface area (Å²) in [5.41, 5.74) is 1.08. The van der Waals surface area contributed by atoms with Crippen molar-refractivity contribution in [3.8, 4) is 0 Å². The Hall–Kier alpha value is -1.09. The zero-order valence-electron chi connectivity index (χ0n) is 6.16. The highest BCUT2D eigenvalue weighted by Gasteiger charge is 1.96. The lowest BCUT2D eigenvalue weighted by atomic mass is 10.3. The molecule has 0 saturated carbocycles. The summed E-state index contributed by atoms with van der Waals surface area (Å²) in [6.45, 7) is 0. The number of aryl methyl sites for hydroxylation is 1. The fourth-order valence-electron chi connectivity index (χ4n) is 1.19. The van der Waals surface area contributed by atoms with Gasteiger partial charge in [0.2, 0.25) is 0 Å². The van der Waals surface area contributed by atoms with Gasteiger partial charge >= 0.3 is 0 Å². The van der Waals surface area contributed by atoms with Gasteiger partial charge in [-0.1, -0.05) is 12.2 Å². The quantitative estimate of drug-likeness (QED) is 0.592. The maximum atomic E-state index is 5.13. The molecule has 0 aromatic carbocycles. The lowest BCUT2D eigenvalue weighted by Crippen LogP contribution is -1.86. The highest BCUT2D eigenvalue weighted by molar-refractivity contribution is 7.71. The van der Waals surface area contributed by atoms with Gasteiger partial charge in [0.15, 0.2) is 0 Å². The van der Waals surface area contributed by atoms with Gasteiger partial charge < -0.3 is 9.55 Å². The van der Waals surface area contributed by atoms with Crippen molar-refractivity contribution in [2.75, 3.05) is 0 Å². The molecular weight excluding hydrogens is 156 g/mol. The van der Waals surface area contributed by atoms with E-state index < -0.39 is 0 Å². The van der Waals surface area contributed by atoms with E-state index in [0.717, 1.165) is 15.5 Å². The number of rotatable bonds is 0. The molecule has 0 saturated heterocycles. The first-order valence-corrected chi connectivity index (χ1v) is 3.82. The Kier molecular flexibility index (Phi) is 1.32. The van der Waals surface area contributed by atoms with E-state index in [1.165, 1.54) is 0 Å². The van der Waals surface area contributed by atoms with Crippen LogP contribution in [0, 0.1) is 4.51 Å². The predicted octanol–water partition coefficient (Wildman–Crippen LogP) is 2.24. The number of fused-ring (bicyclic) bond motifs is 1. The second kappa shape index (κ2) is 2.20. The third-order valence-corrected chi connectivity index (χ3v) is 2.15. The standard InChI is InChI=1S/C8H8N2S/c1-10-5-3-6-7(11)2-4-9-8(6)10/h2-5H,1H3,(H,9,11). The molecule has 1 N–H and O–H groups in total. The third kappa shape index (κ3) is 0.886. The van der Waals surface area contributed by atoms with Gasteiger partial charge in [-0.3, -0.25) is 0 Å². The Balaban J connectivity index is 3.06. The topological polar surface area (TPSA) is 20.7 Å². The molecular formula is C8H8N2S. The first-order chi connectivity index (χ1) is 5.29. The summed E-state index contributed by atoms with van der Waals surface area (Å²) < 4.78 is 2.92. The van der Waals surface area contributed by atoms with Crippen LogP contribution in [0.5, 0.6) is 0 Å². The molecule has 2 heterocycles. The monoisotopic (exact) mass is 164 g/mol. The second-order valence-corrected chi connectivity index (χ2v) is 2.97. The molecule has 2 aromatic rings. The van der Waals surface area contributed by atoms with E-state index in [4.69, 9.17) is 12.2 Å². The average molecular weight is 164 g/mol. The Morgan fingerprint density at radius 2 is 2.27 bits per heavy atom. The molecule has 0 aliphatic carbocycles. The Bertz CT molecular complexity index is 439. The second-order valence-electron chi connectivity index (χ2n) is 2.53. The number of hydrogen-bond donors (Lipinski definition) is 1. The molecule has 0 fully saturated rings. The lowest BCUT2D eigenvalue weighted by molar-refractivity contribution is 0.948. The first kappa shape index (κ1) is 6.61. The molecule has 0 aliphatic rings. The van der Waals surface area contributed by atoms with Crippen molar-refractivity contribution in [3.05, 3.63) is 29.0 Å². The van der Waals surface area contributed by atoms with Gasteiger partial charge in [0, 0.05) is 24.8 Å². The van der Waals surface area contributed by atoms with E-state index in [1.807, 2.05) is 36.1 Å². The molecule has 0 bridgehead atoms. The minimum absolute atomic E-state index is 0.902. The number of hydrogen-bond acceptors (Lipinski definition) is 1. The van der Waals surface area contributed by atoms with Crippen LogP contribution in [0.3, 0.4) is 0 Å². The van der Waals surface area contributed by atoms with Crippen LogP contribution in [0.25, 0.3) is 11.0 Å². The van der Waals surface area contributed by atoms with E-state index >= 15 is 0 Å². The van der Waals surface area contributed by atoms with Crippen LogP contribution in [-0.4, -0.2) is 9.55 Å². The van der Waals surface area contributed by atoms with Crippen LogP contribution < -0.4 is 0 Å². The lowest BCUT2D eigenvalue weighted by Gasteiger charge is -1.94. The smallest absolute Gasteiger partial charge is 0.118 e. The summed E-state index contributed by atoms with van der Waals surface area (Å²) in [5.74, 6) is 0. The first-order valence-electron chi connectivity index (χ1n) is 3.42. The summed E-state index contributed by atoms with van der Waals surface area (Å²) in [6, 6.07) is 3.92. The molecule has 0 unspecified atom stereocenters. The minimum atomic E-state index is 0.902. The summed E-state index contributed by atoms with van der Waals surface area (Å²) in [6.07, 6.45) is 3.86. The van der Waals surface area contributed by atoms with Crippen molar-refractivity contribution in [1.29, 1.82) is 0 Å². The van der Waals surface area contributed by atoms with Gasteiger partial charge in [-0.2, -0.15) is 0 Å². The number of aromatic amines is 1. The van der Waals surface area contributed by atoms with Crippen LogP contribution >= 0.6 is 12.2 Å². The molecule has 0 radical (unpaired) electrons. The maximum absolute atomic E-state index is 5.13. The Labute approximate surface area is 69.5 Å². The van der Waals surface area contributed by atoms with Crippen molar-refractivity contribution >= 4 is 23.3 Å². The van der Waals surface area contributed by atoms with Crippen LogP contribution in [0.2, 0.25) is 0 Å². The highest BCUT2D eigenvalue weighted by atomic mass is 32.1. The Morgan fingerprint density at radius 1 is 1.45 bits per heavy atom. The van der Waals surface area contributed by atoms with E-state index in [-0.39, 0.29) is 0 Å². The van der Waals surface area contributed by atoms with Crippen LogP contribution in [0.15, 0.2) is 24.5 Å². The van der Waals surface area contributed by atoms with Crippen molar-refractivity contribution in [3.63, 3.8) is 0 Å². The van der Waals surface area contributed by atoms with Gasteiger partial charge in [-0.25, -0.2) is 0 Å². The zero-order chi connectivity index (χ0) is 7.84. The van der Waals surface area contributed by atoms with Crippen molar-refractivity contribution < 1.29 is 0 Å². The van der Waals surface area contributed by atoms with E-state index in [2.05, 4.69) is 4.98 Å². The number of H-pyrrole nitrogens is 1. The SMILES string of the molecule is Cn1ccc2c(=S)cc[nH]c21. The molecule has 0 atom stereocenters. The van der Waals surface area contributed by atoms with Gasteiger partial charge in [0.25, 0.3) is 0 Å². The number of nitrogens with one attached hydrogen (secondary N) is 1. The molecule has 2 nitrogen and oxygen atoms in total. The van der Waals surface area contributed by atoms with Crippen LogP contribution in [-0.2, 0) is 7.05 Å². The number of nitrogens with zero attached hydrogens (tertiary/aromatic N) is 1. The highest BCUT2D eigenvalue weighted by Crippen LogP contribution is 2.12. The largest absolute Gasteiger partial charge is 0.347 e. The third-order valence-electron chi connectivity index (χ3n) is 1.79. The van der Waals surface area contributed by atoms with E-state index in [9.17, 15) is 0 Å². The van der Waals surface area contributed by atoms with Crippen molar-refractivity contribution in [2.45, 2.75) is 0 Å². The fourth-order valence-corrected chi connectivity index (χ4v) is 1.43. The molecule has 3 heteroatoms. The maximum Gasteiger partial charge on any atom is 0.118 e. The Morgan fingerprint density at radius 3 is 3.00 bits per heavy atom. The number of aromatic nitrogens is 2. The molecule has 11 heavy (non-hydrogen) atoms. The van der Waals surface area contributed by atoms with Gasteiger partial charge in [0.05, 0.1) is 4.51 Å². The summed E-state index contributed by atoms with van der Waals surface area (Å²) in [4.78, 5) is 3.14. The zero-order valence-corrected chi connectivity index (χ0v) is 6.98. The molecule has 0 amide bonds. The molecule has 56 valence electrons. The predicted molar refractivity (Wildman–Crippen MR) is 48.1 cm³/mol. The van der Waals surface area contributed by atoms with Gasteiger partial charge in [0.1, 0.15) is 5.65 Å².